The minimum absolute atomic E-state index is 0.0269. The van der Waals surface area contributed by atoms with Gasteiger partial charge in [-0.25, -0.2) is 0 Å². The molecule has 6 nitrogen and oxygen atoms in total. The fraction of sp³-hybridized carbons (Fsp3) is 0.192. The zero-order valence-corrected chi connectivity index (χ0v) is 23.7. The van der Waals surface area contributed by atoms with E-state index in [9.17, 15) is 27.6 Å². The standard InChI is InChI=1S/C26H17Cl5F3N3O3/c27-13-7-12(8-14(28)9-13)21-22(26(21,30)31)24(40)37-17-5-6-19(29)18(10-17)23(39)36-16-3-1-15(2-4-16)35-20(38)11-25(32,33)34/h1-10,21-22H,11H2,(H,35,38)(H,36,39)(H,37,40). The highest BCUT2D eigenvalue weighted by Gasteiger charge is 2.67. The topological polar surface area (TPSA) is 87.3 Å². The molecule has 40 heavy (non-hydrogen) atoms. The molecular weight excluding hydrogens is 637 g/mol. The number of carbonyl (C=O) groups is 3. The van der Waals surface area contributed by atoms with E-state index in [-0.39, 0.29) is 27.6 Å². The van der Waals surface area contributed by atoms with Crippen LogP contribution in [0.25, 0.3) is 0 Å². The summed E-state index contributed by atoms with van der Waals surface area (Å²) in [4.78, 5) is 37.3. The summed E-state index contributed by atoms with van der Waals surface area (Å²) in [5, 5.41) is 8.22. The second-order valence-electron chi connectivity index (χ2n) is 8.89. The summed E-state index contributed by atoms with van der Waals surface area (Å²) in [5.41, 5.74) is 1.27. The number of rotatable bonds is 7. The van der Waals surface area contributed by atoms with Gasteiger partial charge in [-0.05, 0) is 66.2 Å². The molecule has 0 heterocycles. The van der Waals surface area contributed by atoms with Gasteiger partial charge in [0.2, 0.25) is 11.8 Å². The Morgan fingerprint density at radius 1 is 0.775 bits per heavy atom. The number of carbonyl (C=O) groups excluding carboxylic acids is 3. The Bertz CT molecular complexity index is 1460. The van der Waals surface area contributed by atoms with Gasteiger partial charge in [0.15, 0.2) is 0 Å². The van der Waals surface area contributed by atoms with Gasteiger partial charge in [-0.1, -0.05) is 34.8 Å². The molecule has 3 amide bonds. The molecule has 14 heteroatoms. The van der Waals surface area contributed by atoms with Gasteiger partial charge in [-0.3, -0.25) is 14.4 Å². The molecule has 0 bridgehead atoms. The van der Waals surface area contributed by atoms with E-state index in [1.54, 1.807) is 18.2 Å². The maximum Gasteiger partial charge on any atom is 0.397 e. The molecule has 1 saturated carbocycles. The third kappa shape index (κ3) is 7.33. The Hall–Kier alpha value is -2.69. The summed E-state index contributed by atoms with van der Waals surface area (Å²) in [6.45, 7) is 0. The lowest BCUT2D eigenvalue weighted by Crippen LogP contribution is -2.21. The van der Waals surface area contributed by atoms with Crippen LogP contribution >= 0.6 is 58.0 Å². The Kier molecular flexibility index (Phi) is 8.82. The normalized spacial score (nSPS) is 17.6. The molecule has 3 N–H and O–H groups in total. The number of halogens is 8. The first-order valence-electron chi connectivity index (χ1n) is 11.4. The van der Waals surface area contributed by atoms with Gasteiger partial charge >= 0.3 is 6.18 Å². The third-order valence-electron chi connectivity index (χ3n) is 5.85. The molecule has 0 saturated heterocycles. The van der Waals surface area contributed by atoms with Crippen molar-refractivity contribution in [3.8, 4) is 0 Å². The number of hydrogen-bond acceptors (Lipinski definition) is 3. The molecule has 2 unspecified atom stereocenters. The number of hydrogen-bond donors (Lipinski definition) is 3. The number of alkyl halides is 5. The molecule has 3 aromatic carbocycles. The van der Waals surface area contributed by atoms with Gasteiger partial charge in [0.25, 0.3) is 5.91 Å². The summed E-state index contributed by atoms with van der Waals surface area (Å²) < 4.78 is 35.6. The first-order valence-corrected chi connectivity index (χ1v) is 13.3. The van der Waals surface area contributed by atoms with Crippen molar-refractivity contribution in [3.63, 3.8) is 0 Å². The van der Waals surface area contributed by atoms with Crippen LogP contribution in [0.1, 0.15) is 28.3 Å². The Balaban J connectivity index is 1.41. The average molecular weight is 654 g/mol. The summed E-state index contributed by atoms with van der Waals surface area (Å²) in [6.07, 6.45) is -6.25. The van der Waals surface area contributed by atoms with Crippen molar-refractivity contribution in [2.45, 2.75) is 22.8 Å². The van der Waals surface area contributed by atoms with Crippen molar-refractivity contribution in [2.24, 2.45) is 5.92 Å². The number of benzene rings is 3. The van der Waals surface area contributed by atoms with E-state index in [2.05, 4.69) is 16.0 Å². The lowest BCUT2D eigenvalue weighted by atomic mass is 10.1. The van der Waals surface area contributed by atoms with Crippen LogP contribution in [0.4, 0.5) is 30.2 Å². The van der Waals surface area contributed by atoms with Gasteiger partial charge in [0.05, 0.1) is 16.5 Å². The fourth-order valence-corrected chi connectivity index (χ4v) is 5.62. The number of nitrogens with one attached hydrogen (secondary N) is 3. The maximum absolute atomic E-state index is 13.0. The van der Waals surface area contributed by atoms with Crippen LogP contribution < -0.4 is 16.0 Å². The zero-order valence-electron chi connectivity index (χ0n) is 19.9. The van der Waals surface area contributed by atoms with Crippen LogP contribution in [0, 0.1) is 5.92 Å². The quantitative estimate of drug-likeness (QED) is 0.224. The molecule has 1 aliphatic rings. The van der Waals surface area contributed by atoms with Crippen LogP contribution in [0.15, 0.2) is 60.7 Å². The summed E-state index contributed by atoms with van der Waals surface area (Å²) in [7, 11) is 0. The smallest absolute Gasteiger partial charge is 0.326 e. The molecular formula is C26H17Cl5F3N3O3. The van der Waals surface area contributed by atoms with E-state index in [0.29, 0.717) is 15.6 Å². The first-order chi connectivity index (χ1) is 18.6. The fourth-order valence-electron chi connectivity index (χ4n) is 4.04. The molecule has 0 aliphatic heterocycles. The zero-order chi connectivity index (χ0) is 29.4. The number of amides is 3. The van der Waals surface area contributed by atoms with E-state index in [4.69, 9.17) is 58.0 Å². The molecule has 3 aromatic rings. The molecule has 0 radical (unpaired) electrons. The lowest BCUT2D eigenvalue weighted by Gasteiger charge is -2.11. The van der Waals surface area contributed by atoms with Crippen LogP contribution in [-0.2, 0) is 9.59 Å². The van der Waals surface area contributed by atoms with Crippen molar-refractivity contribution in [1.82, 2.24) is 0 Å². The van der Waals surface area contributed by atoms with E-state index in [0.717, 1.165) is 0 Å². The molecule has 210 valence electrons. The van der Waals surface area contributed by atoms with Gasteiger partial charge in [-0.15, -0.1) is 23.2 Å². The molecule has 0 spiro atoms. The van der Waals surface area contributed by atoms with Crippen LogP contribution in [0.3, 0.4) is 0 Å². The van der Waals surface area contributed by atoms with E-state index < -0.39 is 46.5 Å². The average Bonchev–Trinajstić information content (AvgIpc) is 3.41. The Labute approximate surface area is 251 Å². The second kappa shape index (κ2) is 11.7. The summed E-state index contributed by atoms with van der Waals surface area (Å²) in [6, 6.07) is 14.5. The van der Waals surface area contributed by atoms with Gasteiger partial charge in [0.1, 0.15) is 10.8 Å². The van der Waals surface area contributed by atoms with Crippen molar-refractivity contribution in [3.05, 3.63) is 86.9 Å². The van der Waals surface area contributed by atoms with E-state index >= 15 is 0 Å². The van der Waals surface area contributed by atoms with Gasteiger partial charge < -0.3 is 16.0 Å². The van der Waals surface area contributed by atoms with Crippen molar-refractivity contribution >= 4 is 92.8 Å². The largest absolute Gasteiger partial charge is 0.397 e. The second-order valence-corrected chi connectivity index (χ2v) is 11.6. The molecule has 1 aliphatic carbocycles. The molecule has 1 fully saturated rings. The minimum atomic E-state index is -4.63. The lowest BCUT2D eigenvalue weighted by molar-refractivity contribution is -0.150. The number of anilines is 3. The van der Waals surface area contributed by atoms with Crippen LogP contribution in [0.2, 0.25) is 15.1 Å². The predicted octanol–water partition coefficient (Wildman–Crippen LogP) is 8.32. The highest BCUT2D eigenvalue weighted by molar-refractivity contribution is 6.53. The first kappa shape index (κ1) is 30.3. The molecule has 0 aromatic heterocycles. The van der Waals surface area contributed by atoms with E-state index in [1.165, 1.54) is 42.5 Å². The molecule has 2 atom stereocenters. The highest BCUT2D eigenvalue weighted by Crippen LogP contribution is 2.65. The third-order valence-corrected chi connectivity index (χ3v) is 7.55. The van der Waals surface area contributed by atoms with Gasteiger partial charge in [-0.2, -0.15) is 13.2 Å². The maximum atomic E-state index is 13.0. The van der Waals surface area contributed by atoms with E-state index in [1.807, 2.05) is 0 Å². The summed E-state index contributed by atoms with van der Waals surface area (Å²) in [5.74, 6) is -3.74. The van der Waals surface area contributed by atoms with Gasteiger partial charge in [0, 0.05) is 33.0 Å². The Morgan fingerprint density at radius 2 is 1.32 bits per heavy atom. The predicted molar refractivity (Wildman–Crippen MR) is 151 cm³/mol. The van der Waals surface area contributed by atoms with Crippen molar-refractivity contribution in [1.29, 1.82) is 0 Å². The van der Waals surface area contributed by atoms with Crippen LogP contribution in [-0.4, -0.2) is 28.2 Å². The molecule has 4 rings (SSSR count). The monoisotopic (exact) mass is 651 g/mol. The SMILES string of the molecule is O=C(CC(F)(F)F)Nc1ccc(NC(=O)c2cc(NC(=O)C3C(c4cc(Cl)cc(Cl)c4)C3(Cl)Cl)ccc2Cl)cc1. The van der Waals surface area contributed by atoms with Crippen molar-refractivity contribution < 1.29 is 27.6 Å². The highest BCUT2D eigenvalue weighted by atomic mass is 35.5. The van der Waals surface area contributed by atoms with Crippen LogP contribution in [0.5, 0.6) is 0 Å². The Morgan fingerprint density at radius 3 is 1.90 bits per heavy atom. The minimum Gasteiger partial charge on any atom is -0.326 e. The van der Waals surface area contributed by atoms with Crippen molar-refractivity contribution in [2.75, 3.05) is 16.0 Å². The summed E-state index contributed by atoms with van der Waals surface area (Å²) >= 11 is 31.1.